The first-order chi connectivity index (χ1) is 5.27. The van der Waals surface area contributed by atoms with E-state index >= 15 is 0 Å². The van der Waals surface area contributed by atoms with Crippen LogP contribution in [0.25, 0.3) is 0 Å². The van der Waals surface area contributed by atoms with Crippen LogP contribution in [0.5, 0.6) is 0 Å². The van der Waals surface area contributed by atoms with Gasteiger partial charge in [-0.2, -0.15) is 5.10 Å². The molecule has 0 radical (unpaired) electrons. The Morgan fingerprint density at radius 3 is 3.00 bits per heavy atom. The van der Waals surface area contributed by atoms with Crippen molar-refractivity contribution >= 4 is 11.5 Å². The predicted molar refractivity (Wildman–Crippen MR) is 45.4 cm³/mol. The first-order valence-electron chi connectivity index (χ1n) is 3.55. The van der Waals surface area contributed by atoms with E-state index in [4.69, 9.17) is 5.73 Å². The summed E-state index contributed by atoms with van der Waals surface area (Å²) in [4.78, 5) is 0. The molecule has 1 heterocycles. The van der Waals surface area contributed by atoms with Crippen LogP contribution in [-0.2, 0) is 0 Å². The van der Waals surface area contributed by atoms with Crippen molar-refractivity contribution in [3.05, 3.63) is 23.8 Å². The van der Waals surface area contributed by atoms with Crippen LogP contribution in [0.2, 0.25) is 0 Å². The molecule has 1 aliphatic heterocycles. The van der Waals surface area contributed by atoms with Crippen LogP contribution < -0.4 is 5.73 Å². The van der Waals surface area contributed by atoms with Crippen LogP contribution in [0.3, 0.4) is 0 Å². The van der Waals surface area contributed by atoms with E-state index < -0.39 is 0 Å². The van der Waals surface area contributed by atoms with Gasteiger partial charge in [-0.1, -0.05) is 17.7 Å². The summed E-state index contributed by atoms with van der Waals surface area (Å²) in [6.07, 6.45) is 6.05. The number of hydrogen-bond donors (Lipinski definition) is 1. The van der Waals surface area contributed by atoms with Gasteiger partial charge < -0.3 is 5.73 Å². The van der Waals surface area contributed by atoms with Gasteiger partial charge in [0.05, 0.1) is 11.6 Å². The van der Waals surface area contributed by atoms with Crippen molar-refractivity contribution in [1.29, 1.82) is 0 Å². The highest BCUT2D eigenvalue weighted by Gasteiger charge is 2.22. The zero-order chi connectivity index (χ0) is 7.84. The molecule has 1 atom stereocenters. The lowest BCUT2D eigenvalue weighted by Gasteiger charge is -2.09. The highest BCUT2D eigenvalue weighted by atomic mass is 15.3. The van der Waals surface area contributed by atoms with Gasteiger partial charge in [0.25, 0.3) is 0 Å². The summed E-state index contributed by atoms with van der Waals surface area (Å²) in [5.41, 5.74) is 7.78. The Morgan fingerprint density at radius 2 is 2.18 bits per heavy atom. The number of hydrogen-bond acceptors (Lipinski definition) is 3. The standard InChI is InChI=1S/C8H9N3/c1-5-2-3-7-6(4-5)8(9)11-10-7/h2-4,6H,1H3,(H2,9,11). The Kier molecular flexibility index (Phi) is 1.18. The molecule has 2 N–H and O–H groups in total. The van der Waals surface area contributed by atoms with Crippen LogP contribution in [0.1, 0.15) is 6.92 Å². The zero-order valence-corrected chi connectivity index (χ0v) is 6.28. The lowest BCUT2D eigenvalue weighted by Crippen LogP contribution is -2.25. The third-order valence-corrected chi connectivity index (χ3v) is 1.86. The lowest BCUT2D eigenvalue weighted by atomic mass is 9.95. The molecule has 3 nitrogen and oxygen atoms in total. The Morgan fingerprint density at radius 1 is 1.36 bits per heavy atom. The normalized spacial score (nSPS) is 27.4. The van der Waals surface area contributed by atoms with Gasteiger partial charge in [0.2, 0.25) is 0 Å². The Balaban J connectivity index is 2.39. The van der Waals surface area contributed by atoms with E-state index in [2.05, 4.69) is 16.3 Å². The molecule has 0 spiro atoms. The quantitative estimate of drug-likeness (QED) is 0.542. The smallest absolute Gasteiger partial charge is 0.135 e. The fraction of sp³-hybridized carbons (Fsp3) is 0.250. The molecule has 1 aliphatic carbocycles. The fourth-order valence-electron chi connectivity index (χ4n) is 1.23. The first kappa shape index (κ1) is 6.34. The number of amidine groups is 1. The lowest BCUT2D eigenvalue weighted by molar-refractivity contribution is 1.18. The van der Waals surface area contributed by atoms with Gasteiger partial charge in [0.15, 0.2) is 0 Å². The van der Waals surface area contributed by atoms with E-state index in [1.54, 1.807) is 0 Å². The number of allylic oxidation sites excluding steroid dienone is 3. The molecule has 2 rings (SSSR count). The second-order valence-electron chi connectivity index (χ2n) is 2.77. The van der Waals surface area contributed by atoms with E-state index in [1.165, 1.54) is 5.57 Å². The molecular weight excluding hydrogens is 138 g/mol. The van der Waals surface area contributed by atoms with Gasteiger partial charge in [-0.25, -0.2) is 0 Å². The van der Waals surface area contributed by atoms with Crippen LogP contribution in [-0.4, -0.2) is 11.5 Å². The molecule has 0 bridgehead atoms. The molecular formula is C8H9N3. The summed E-state index contributed by atoms with van der Waals surface area (Å²) in [5.74, 6) is 0.740. The van der Waals surface area contributed by atoms with Gasteiger partial charge in [0.1, 0.15) is 5.84 Å². The van der Waals surface area contributed by atoms with Crippen molar-refractivity contribution in [3.8, 4) is 0 Å². The molecule has 1 unspecified atom stereocenters. The summed E-state index contributed by atoms with van der Waals surface area (Å²) < 4.78 is 0. The summed E-state index contributed by atoms with van der Waals surface area (Å²) in [6, 6.07) is 0. The predicted octanol–water partition coefficient (Wildman–Crippen LogP) is 0.846. The number of rotatable bonds is 0. The average molecular weight is 147 g/mol. The van der Waals surface area contributed by atoms with Crippen molar-refractivity contribution in [2.45, 2.75) is 6.92 Å². The van der Waals surface area contributed by atoms with E-state index in [0.29, 0.717) is 5.84 Å². The Labute approximate surface area is 65.0 Å². The van der Waals surface area contributed by atoms with Crippen molar-refractivity contribution in [2.75, 3.05) is 0 Å². The van der Waals surface area contributed by atoms with Crippen molar-refractivity contribution < 1.29 is 0 Å². The maximum absolute atomic E-state index is 5.61. The maximum atomic E-state index is 5.61. The summed E-state index contributed by atoms with van der Waals surface area (Å²) in [5, 5.41) is 7.72. The zero-order valence-electron chi connectivity index (χ0n) is 6.28. The van der Waals surface area contributed by atoms with Gasteiger partial charge in [-0.05, 0) is 13.0 Å². The molecule has 0 saturated carbocycles. The fourth-order valence-corrected chi connectivity index (χ4v) is 1.23. The monoisotopic (exact) mass is 147 g/mol. The number of fused-ring (bicyclic) bond motifs is 1. The second-order valence-corrected chi connectivity index (χ2v) is 2.77. The van der Waals surface area contributed by atoms with Crippen LogP contribution >= 0.6 is 0 Å². The van der Waals surface area contributed by atoms with Crippen molar-refractivity contribution in [1.82, 2.24) is 0 Å². The number of nitrogens with two attached hydrogens (primary N) is 1. The van der Waals surface area contributed by atoms with E-state index in [1.807, 2.05) is 19.1 Å². The van der Waals surface area contributed by atoms with E-state index in [0.717, 1.165) is 5.71 Å². The highest BCUT2D eigenvalue weighted by molar-refractivity contribution is 6.16. The first-order valence-corrected chi connectivity index (χ1v) is 3.55. The molecule has 11 heavy (non-hydrogen) atoms. The maximum Gasteiger partial charge on any atom is 0.135 e. The van der Waals surface area contributed by atoms with Gasteiger partial charge >= 0.3 is 0 Å². The van der Waals surface area contributed by atoms with Gasteiger partial charge in [-0.15, -0.1) is 5.10 Å². The van der Waals surface area contributed by atoms with Gasteiger partial charge in [-0.3, -0.25) is 0 Å². The van der Waals surface area contributed by atoms with E-state index in [9.17, 15) is 0 Å². The molecule has 3 heteroatoms. The molecule has 0 amide bonds. The topological polar surface area (TPSA) is 50.7 Å². The molecule has 0 saturated heterocycles. The minimum atomic E-state index is 0.139. The summed E-state index contributed by atoms with van der Waals surface area (Å²) >= 11 is 0. The van der Waals surface area contributed by atoms with Crippen molar-refractivity contribution in [2.24, 2.45) is 21.9 Å². The minimum absolute atomic E-state index is 0.139. The average Bonchev–Trinajstić information content (AvgIpc) is 2.33. The van der Waals surface area contributed by atoms with E-state index in [-0.39, 0.29) is 5.92 Å². The second kappa shape index (κ2) is 2.05. The Bertz CT molecular complexity index is 307. The SMILES string of the molecule is CC1=CC2C(N)=NN=C2C=C1. The number of nitrogens with zero attached hydrogens (tertiary/aromatic N) is 2. The van der Waals surface area contributed by atoms with Crippen LogP contribution in [0, 0.1) is 5.92 Å². The van der Waals surface area contributed by atoms with Crippen LogP contribution in [0.4, 0.5) is 0 Å². The van der Waals surface area contributed by atoms with Crippen LogP contribution in [0.15, 0.2) is 34.0 Å². The third kappa shape index (κ3) is 0.888. The molecule has 0 aromatic carbocycles. The summed E-state index contributed by atoms with van der Waals surface area (Å²) in [7, 11) is 0. The molecule has 0 aromatic heterocycles. The molecule has 56 valence electrons. The van der Waals surface area contributed by atoms with Crippen molar-refractivity contribution in [3.63, 3.8) is 0 Å². The largest absolute Gasteiger partial charge is 0.385 e. The van der Waals surface area contributed by atoms with Gasteiger partial charge in [0, 0.05) is 0 Å². The highest BCUT2D eigenvalue weighted by Crippen LogP contribution is 2.18. The molecule has 2 aliphatic rings. The molecule has 0 fully saturated rings. The minimum Gasteiger partial charge on any atom is -0.385 e. The third-order valence-electron chi connectivity index (χ3n) is 1.86. The summed E-state index contributed by atoms with van der Waals surface area (Å²) in [6.45, 7) is 2.04. The molecule has 0 aromatic rings. The Hall–Kier alpha value is -1.38.